The summed E-state index contributed by atoms with van der Waals surface area (Å²) in [4.78, 5) is 0. The SMILES string of the molecule is CC(C)=C/C(=C\C=C(/C)C(C)C)c1ccccc1. The monoisotopic (exact) mass is 240 g/mol. The first-order valence-electron chi connectivity index (χ1n) is 6.59. The highest BCUT2D eigenvalue weighted by Gasteiger charge is 1.98. The Morgan fingerprint density at radius 2 is 1.56 bits per heavy atom. The predicted molar refractivity (Wildman–Crippen MR) is 82.4 cm³/mol. The van der Waals surface area contributed by atoms with Gasteiger partial charge in [0.15, 0.2) is 0 Å². The molecule has 0 heteroatoms. The molecule has 0 saturated carbocycles. The fraction of sp³-hybridized carbons (Fsp3) is 0.333. The highest BCUT2D eigenvalue weighted by atomic mass is 14.0. The van der Waals surface area contributed by atoms with E-state index in [1.807, 2.05) is 0 Å². The van der Waals surface area contributed by atoms with Gasteiger partial charge in [-0.1, -0.05) is 73.6 Å². The van der Waals surface area contributed by atoms with Gasteiger partial charge >= 0.3 is 0 Å². The van der Waals surface area contributed by atoms with Crippen molar-refractivity contribution in [3.05, 3.63) is 65.3 Å². The molecule has 0 unspecified atom stereocenters. The fourth-order valence-electron chi connectivity index (χ4n) is 1.58. The maximum atomic E-state index is 2.24. The van der Waals surface area contributed by atoms with Crippen LogP contribution in [0.3, 0.4) is 0 Å². The first-order chi connectivity index (χ1) is 8.50. The molecule has 0 bridgehead atoms. The summed E-state index contributed by atoms with van der Waals surface area (Å²) in [6, 6.07) is 10.5. The third-order valence-electron chi connectivity index (χ3n) is 2.99. The van der Waals surface area contributed by atoms with Crippen molar-refractivity contribution in [2.45, 2.75) is 34.6 Å². The molecule has 0 saturated heterocycles. The van der Waals surface area contributed by atoms with Crippen molar-refractivity contribution in [2.75, 3.05) is 0 Å². The van der Waals surface area contributed by atoms with Crippen molar-refractivity contribution in [1.29, 1.82) is 0 Å². The van der Waals surface area contributed by atoms with E-state index in [-0.39, 0.29) is 0 Å². The molecule has 0 aliphatic rings. The highest BCUT2D eigenvalue weighted by Crippen LogP contribution is 2.19. The second kappa shape index (κ2) is 7.00. The van der Waals surface area contributed by atoms with Gasteiger partial charge in [0, 0.05) is 0 Å². The fourth-order valence-corrected chi connectivity index (χ4v) is 1.58. The molecule has 0 heterocycles. The lowest BCUT2D eigenvalue weighted by Gasteiger charge is -2.05. The van der Waals surface area contributed by atoms with Gasteiger partial charge in [0.05, 0.1) is 0 Å². The number of hydrogen-bond donors (Lipinski definition) is 0. The summed E-state index contributed by atoms with van der Waals surface area (Å²) in [6.45, 7) is 10.9. The van der Waals surface area contributed by atoms with Crippen molar-refractivity contribution < 1.29 is 0 Å². The van der Waals surface area contributed by atoms with Crippen LogP contribution in [-0.2, 0) is 0 Å². The van der Waals surface area contributed by atoms with Gasteiger partial charge in [0.25, 0.3) is 0 Å². The van der Waals surface area contributed by atoms with Gasteiger partial charge in [-0.2, -0.15) is 0 Å². The van der Waals surface area contributed by atoms with Crippen molar-refractivity contribution in [1.82, 2.24) is 0 Å². The van der Waals surface area contributed by atoms with E-state index in [1.165, 1.54) is 22.3 Å². The van der Waals surface area contributed by atoms with Gasteiger partial charge in [0.1, 0.15) is 0 Å². The van der Waals surface area contributed by atoms with Crippen LogP contribution in [0.5, 0.6) is 0 Å². The third-order valence-corrected chi connectivity index (χ3v) is 2.99. The molecule has 0 atom stereocenters. The van der Waals surface area contributed by atoms with Crippen molar-refractivity contribution >= 4 is 5.57 Å². The summed E-state index contributed by atoms with van der Waals surface area (Å²) in [5, 5.41) is 0. The van der Waals surface area contributed by atoms with Crippen LogP contribution in [0.15, 0.2) is 59.7 Å². The van der Waals surface area contributed by atoms with E-state index in [0.717, 1.165) is 0 Å². The van der Waals surface area contributed by atoms with Crippen LogP contribution in [0.25, 0.3) is 5.57 Å². The molecular weight excluding hydrogens is 216 g/mol. The summed E-state index contributed by atoms with van der Waals surface area (Å²) in [6.07, 6.45) is 6.68. The summed E-state index contributed by atoms with van der Waals surface area (Å²) >= 11 is 0. The van der Waals surface area contributed by atoms with Crippen molar-refractivity contribution in [3.8, 4) is 0 Å². The number of hydrogen-bond acceptors (Lipinski definition) is 0. The van der Waals surface area contributed by atoms with Gasteiger partial charge in [-0.25, -0.2) is 0 Å². The molecule has 0 radical (unpaired) electrons. The van der Waals surface area contributed by atoms with E-state index < -0.39 is 0 Å². The quantitative estimate of drug-likeness (QED) is 0.597. The lowest BCUT2D eigenvalue weighted by atomic mass is 10.0. The molecule has 0 N–H and O–H groups in total. The van der Waals surface area contributed by atoms with E-state index in [4.69, 9.17) is 0 Å². The second-order valence-corrected chi connectivity index (χ2v) is 5.28. The molecule has 1 aromatic carbocycles. The minimum atomic E-state index is 0.602. The third kappa shape index (κ3) is 4.75. The summed E-state index contributed by atoms with van der Waals surface area (Å²) in [5.41, 5.74) is 5.27. The average Bonchev–Trinajstić information content (AvgIpc) is 2.34. The van der Waals surface area contributed by atoms with E-state index in [9.17, 15) is 0 Å². The molecule has 0 spiro atoms. The Balaban J connectivity index is 3.12. The summed E-state index contributed by atoms with van der Waals surface area (Å²) in [7, 11) is 0. The molecule has 96 valence electrons. The lowest BCUT2D eigenvalue weighted by Crippen LogP contribution is -1.88. The Labute approximate surface area is 112 Å². The van der Waals surface area contributed by atoms with Crippen LogP contribution in [-0.4, -0.2) is 0 Å². The van der Waals surface area contributed by atoms with Gasteiger partial charge in [-0.3, -0.25) is 0 Å². The molecule has 0 aliphatic heterocycles. The van der Waals surface area contributed by atoms with Crippen LogP contribution in [0, 0.1) is 5.92 Å². The minimum Gasteiger partial charge on any atom is -0.0758 e. The van der Waals surface area contributed by atoms with E-state index in [1.54, 1.807) is 0 Å². The predicted octanol–water partition coefficient (Wildman–Crippen LogP) is 5.64. The van der Waals surface area contributed by atoms with E-state index in [0.29, 0.717) is 5.92 Å². The topological polar surface area (TPSA) is 0 Å². The van der Waals surface area contributed by atoms with Gasteiger partial charge in [-0.15, -0.1) is 0 Å². The number of rotatable bonds is 4. The van der Waals surface area contributed by atoms with E-state index in [2.05, 4.69) is 83.2 Å². The number of benzene rings is 1. The Hall–Kier alpha value is -1.56. The normalized spacial score (nSPS) is 12.8. The average molecular weight is 240 g/mol. The molecule has 1 rings (SSSR count). The maximum Gasteiger partial charge on any atom is -0.0184 e. The number of allylic oxidation sites excluding steroid dienone is 6. The first-order valence-corrected chi connectivity index (χ1v) is 6.59. The highest BCUT2D eigenvalue weighted by molar-refractivity contribution is 5.75. The van der Waals surface area contributed by atoms with Crippen molar-refractivity contribution in [3.63, 3.8) is 0 Å². The Kier molecular flexibility index (Phi) is 5.64. The Morgan fingerprint density at radius 3 is 2.06 bits per heavy atom. The summed E-state index contributed by atoms with van der Waals surface area (Å²) < 4.78 is 0. The Morgan fingerprint density at radius 1 is 0.944 bits per heavy atom. The van der Waals surface area contributed by atoms with Gasteiger partial charge in [0.2, 0.25) is 0 Å². The smallest absolute Gasteiger partial charge is 0.0184 e. The molecule has 0 aromatic heterocycles. The van der Waals surface area contributed by atoms with Crippen LogP contribution in [0.1, 0.15) is 40.2 Å². The van der Waals surface area contributed by atoms with Gasteiger partial charge in [-0.05, 0) is 37.8 Å². The maximum absolute atomic E-state index is 2.24. The minimum absolute atomic E-state index is 0.602. The second-order valence-electron chi connectivity index (χ2n) is 5.28. The van der Waals surface area contributed by atoms with E-state index >= 15 is 0 Å². The molecule has 0 nitrogen and oxygen atoms in total. The zero-order chi connectivity index (χ0) is 13.5. The molecule has 1 aromatic rings. The lowest BCUT2D eigenvalue weighted by molar-refractivity contribution is 0.769. The van der Waals surface area contributed by atoms with Crippen LogP contribution in [0.4, 0.5) is 0 Å². The standard InChI is InChI=1S/C18H24/c1-14(2)13-18(12-11-16(5)15(3)4)17-9-7-6-8-10-17/h6-13,15H,1-5H3/b16-11+,18-12+. The molecule has 18 heavy (non-hydrogen) atoms. The molecular formula is C18H24. The van der Waals surface area contributed by atoms with Crippen LogP contribution in [0.2, 0.25) is 0 Å². The molecule has 0 fully saturated rings. The van der Waals surface area contributed by atoms with Gasteiger partial charge < -0.3 is 0 Å². The summed E-state index contributed by atoms with van der Waals surface area (Å²) in [5.74, 6) is 0.602. The molecule has 0 aliphatic carbocycles. The largest absolute Gasteiger partial charge is 0.0758 e. The zero-order valence-electron chi connectivity index (χ0n) is 12.2. The van der Waals surface area contributed by atoms with Crippen LogP contribution < -0.4 is 0 Å². The van der Waals surface area contributed by atoms with Crippen molar-refractivity contribution in [2.24, 2.45) is 5.92 Å². The Bertz CT molecular complexity index is 452. The first kappa shape index (κ1) is 14.5. The van der Waals surface area contributed by atoms with Crippen LogP contribution >= 0.6 is 0 Å². The zero-order valence-corrected chi connectivity index (χ0v) is 12.2. The molecule has 0 amide bonds.